The summed E-state index contributed by atoms with van der Waals surface area (Å²) in [5.74, 6) is 0.000368. The fraction of sp³-hybridized carbons (Fsp3) is 0.562. The van der Waals surface area contributed by atoms with Crippen molar-refractivity contribution in [3.8, 4) is 0 Å². The fourth-order valence-electron chi connectivity index (χ4n) is 2.78. The summed E-state index contributed by atoms with van der Waals surface area (Å²) < 4.78 is 0. The van der Waals surface area contributed by atoms with Gasteiger partial charge in [0, 0.05) is 32.2 Å². The molecule has 4 nitrogen and oxygen atoms in total. The molecule has 1 atom stereocenters. The third-order valence-electron chi connectivity index (χ3n) is 4.22. The third-order valence-corrected chi connectivity index (χ3v) is 4.72. The summed E-state index contributed by atoms with van der Waals surface area (Å²) in [6, 6.07) is 5.75. The number of hydrogen-bond acceptors (Lipinski definition) is 3. The lowest BCUT2D eigenvalue weighted by Crippen LogP contribution is -2.52. The molecular formula is C16H23ClN2O2. The van der Waals surface area contributed by atoms with Crippen molar-refractivity contribution in [2.45, 2.75) is 26.3 Å². The number of hydrogen-bond donors (Lipinski definition) is 1. The number of rotatable bonds is 4. The minimum Gasteiger partial charge on any atom is -0.395 e. The van der Waals surface area contributed by atoms with Crippen molar-refractivity contribution < 1.29 is 9.90 Å². The van der Waals surface area contributed by atoms with E-state index in [1.54, 1.807) is 6.07 Å². The molecule has 1 N–H and O–H groups in total. The van der Waals surface area contributed by atoms with Crippen LogP contribution < -0.4 is 0 Å². The Labute approximate surface area is 131 Å². The number of amides is 1. The number of carbonyl (C=O) groups excluding carboxylic acids is 1. The van der Waals surface area contributed by atoms with Gasteiger partial charge in [0.2, 0.25) is 0 Å². The van der Waals surface area contributed by atoms with Gasteiger partial charge in [-0.25, -0.2) is 0 Å². The molecule has 1 fully saturated rings. The summed E-state index contributed by atoms with van der Waals surface area (Å²) >= 11 is 6.24. The van der Waals surface area contributed by atoms with Crippen molar-refractivity contribution >= 4 is 17.5 Å². The first kappa shape index (κ1) is 16.3. The van der Waals surface area contributed by atoms with E-state index in [0.717, 1.165) is 25.1 Å². The van der Waals surface area contributed by atoms with Crippen LogP contribution in [0.3, 0.4) is 0 Å². The lowest BCUT2D eigenvalue weighted by molar-refractivity contribution is 0.0472. The van der Waals surface area contributed by atoms with E-state index in [1.807, 2.05) is 24.0 Å². The molecular weight excluding hydrogens is 288 g/mol. The molecule has 0 saturated carbocycles. The molecule has 0 aromatic heterocycles. The first-order valence-corrected chi connectivity index (χ1v) is 7.85. The van der Waals surface area contributed by atoms with Crippen molar-refractivity contribution in [2.75, 3.05) is 32.8 Å². The summed E-state index contributed by atoms with van der Waals surface area (Å²) in [7, 11) is 0. The topological polar surface area (TPSA) is 43.8 Å². The van der Waals surface area contributed by atoms with Gasteiger partial charge in [0.25, 0.3) is 5.91 Å². The number of halogens is 1. The van der Waals surface area contributed by atoms with Crippen LogP contribution in [-0.2, 0) is 0 Å². The number of nitrogens with zero attached hydrogens (tertiary/aromatic N) is 2. The minimum atomic E-state index is 0.000368. The van der Waals surface area contributed by atoms with Crippen LogP contribution in [0.1, 0.15) is 29.3 Å². The number of piperazine rings is 1. The van der Waals surface area contributed by atoms with Crippen molar-refractivity contribution in [1.82, 2.24) is 9.80 Å². The molecule has 0 radical (unpaired) electrons. The monoisotopic (exact) mass is 310 g/mol. The van der Waals surface area contributed by atoms with Crippen LogP contribution in [0.4, 0.5) is 0 Å². The molecule has 1 amide bonds. The number of aryl methyl sites for hydroxylation is 1. The molecule has 1 unspecified atom stereocenters. The molecule has 1 aromatic rings. The Bertz CT molecular complexity index is 495. The van der Waals surface area contributed by atoms with Gasteiger partial charge >= 0.3 is 0 Å². The van der Waals surface area contributed by atoms with Gasteiger partial charge in [-0.3, -0.25) is 9.69 Å². The standard InChI is InChI=1S/C16H23ClN2O2/c1-3-13(11-20)18-7-9-19(10-8-18)16(21)14-6-4-5-12(2)15(14)17/h4-6,13,20H,3,7-11H2,1-2H3. The number of aliphatic hydroxyl groups is 1. The van der Waals surface area contributed by atoms with Gasteiger partial charge in [-0.1, -0.05) is 30.7 Å². The Morgan fingerprint density at radius 3 is 2.57 bits per heavy atom. The highest BCUT2D eigenvalue weighted by Gasteiger charge is 2.26. The predicted molar refractivity (Wildman–Crippen MR) is 84.8 cm³/mol. The van der Waals surface area contributed by atoms with Gasteiger partial charge in [-0.2, -0.15) is 0 Å². The Kier molecular flexibility index (Phi) is 5.62. The highest BCUT2D eigenvalue weighted by atomic mass is 35.5. The summed E-state index contributed by atoms with van der Waals surface area (Å²) in [5, 5.41) is 9.91. The van der Waals surface area contributed by atoms with Gasteiger partial charge in [-0.05, 0) is 25.0 Å². The van der Waals surface area contributed by atoms with Gasteiger partial charge in [0.15, 0.2) is 0 Å². The van der Waals surface area contributed by atoms with E-state index in [1.165, 1.54) is 0 Å². The zero-order valence-electron chi connectivity index (χ0n) is 12.7. The summed E-state index contributed by atoms with van der Waals surface area (Å²) in [6.45, 7) is 7.12. The minimum absolute atomic E-state index is 0.000368. The van der Waals surface area contributed by atoms with Crippen molar-refractivity contribution in [2.24, 2.45) is 0 Å². The second-order valence-corrected chi connectivity index (χ2v) is 5.89. The van der Waals surface area contributed by atoms with E-state index in [4.69, 9.17) is 11.6 Å². The molecule has 0 spiro atoms. The Morgan fingerprint density at radius 2 is 2.00 bits per heavy atom. The molecule has 1 aromatic carbocycles. The molecule has 1 saturated heterocycles. The van der Waals surface area contributed by atoms with Crippen molar-refractivity contribution in [3.05, 3.63) is 34.3 Å². The maximum Gasteiger partial charge on any atom is 0.255 e. The maximum absolute atomic E-state index is 12.6. The van der Waals surface area contributed by atoms with E-state index in [2.05, 4.69) is 11.8 Å². The maximum atomic E-state index is 12.6. The zero-order valence-corrected chi connectivity index (χ0v) is 13.4. The van der Waals surface area contributed by atoms with Gasteiger partial charge in [-0.15, -0.1) is 0 Å². The molecule has 1 aliphatic heterocycles. The number of aliphatic hydroxyl groups excluding tert-OH is 1. The lowest BCUT2D eigenvalue weighted by Gasteiger charge is -2.38. The van der Waals surface area contributed by atoms with Gasteiger partial charge in [0.05, 0.1) is 17.2 Å². The van der Waals surface area contributed by atoms with Gasteiger partial charge in [0.1, 0.15) is 0 Å². The molecule has 0 aliphatic carbocycles. The largest absolute Gasteiger partial charge is 0.395 e. The van der Waals surface area contributed by atoms with Crippen LogP contribution in [-0.4, -0.2) is 59.6 Å². The van der Waals surface area contributed by atoms with Crippen LogP contribution in [0.2, 0.25) is 5.02 Å². The molecule has 2 rings (SSSR count). The molecule has 1 heterocycles. The van der Waals surface area contributed by atoms with Crippen LogP contribution in [0, 0.1) is 6.92 Å². The second kappa shape index (κ2) is 7.25. The summed E-state index contributed by atoms with van der Waals surface area (Å²) in [6.07, 6.45) is 0.925. The molecule has 5 heteroatoms. The van der Waals surface area contributed by atoms with Crippen molar-refractivity contribution in [1.29, 1.82) is 0 Å². The fourth-order valence-corrected chi connectivity index (χ4v) is 2.98. The first-order chi connectivity index (χ1) is 10.1. The zero-order chi connectivity index (χ0) is 15.4. The second-order valence-electron chi connectivity index (χ2n) is 5.51. The lowest BCUT2D eigenvalue weighted by atomic mass is 10.1. The highest BCUT2D eigenvalue weighted by molar-refractivity contribution is 6.34. The predicted octanol–water partition coefficient (Wildman–Crippen LogP) is 2.18. The van der Waals surface area contributed by atoms with E-state index >= 15 is 0 Å². The van der Waals surface area contributed by atoms with Gasteiger partial charge < -0.3 is 10.0 Å². The van der Waals surface area contributed by atoms with Crippen LogP contribution >= 0.6 is 11.6 Å². The molecule has 1 aliphatic rings. The quantitative estimate of drug-likeness (QED) is 0.927. The smallest absolute Gasteiger partial charge is 0.255 e. The molecule has 116 valence electrons. The van der Waals surface area contributed by atoms with Crippen molar-refractivity contribution in [3.63, 3.8) is 0 Å². The average Bonchev–Trinajstić information content (AvgIpc) is 2.51. The Hall–Kier alpha value is -1.10. The first-order valence-electron chi connectivity index (χ1n) is 7.47. The molecule has 21 heavy (non-hydrogen) atoms. The highest BCUT2D eigenvalue weighted by Crippen LogP contribution is 2.22. The summed E-state index contributed by atoms with van der Waals surface area (Å²) in [5.41, 5.74) is 1.51. The Balaban J connectivity index is 2.02. The SMILES string of the molecule is CCC(CO)N1CCN(C(=O)c2cccc(C)c2Cl)CC1. The Morgan fingerprint density at radius 1 is 1.33 bits per heavy atom. The summed E-state index contributed by atoms with van der Waals surface area (Å²) in [4.78, 5) is 16.7. The van der Waals surface area contributed by atoms with Crippen LogP contribution in [0.15, 0.2) is 18.2 Å². The third kappa shape index (κ3) is 3.57. The number of carbonyl (C=O) groups is 1. The molecule has 0 bridgehead atoms. The van der Waals surface area contributed by atoms with E-state index in [9.17, 15) is 9.90 Å². The number of benzene rings is 1. The average molecular weight is 311 g/mol. The van der Waals surface area contributed by atoms with E-state index < -0.39 is 0 Å². The normalized spacial score (nSPS) is 17.8. The van der Waals surface area contributed by atoms with E-state index in [0.29, 0.717) is 23.7 Å². The van der Waals surface area contributed by atoms with Crippen LogP contribution in [0.5, 0.6) is 0 Å². The van der Waals surface area contributed by atoms with Crippen LogP contribution in [0.25, 0.3) is 0 Å². The van der Waals surface area contributed by atoms with E-state index in [-0.39, 0.29) is 18.6 Å².